The van der Waals surface area contributed by atoms with Crippen molar-refractivity contribution in [3.63, 3.8) is 0 Å². The van der Waals surface area contributed by atoms with Gasteiger partial charge in [-0.2, -0.15) is 0 Å². The summed E-state index contributed by atoms with van der Waals surface area (Å²) in [6, 6.07) is 17.1. The van der Waals surface area contributed by atoms with Crippen LogP contribution in [0.15, 0.2) is 54.6 Å². The van der Waals surface area contributed by atoms with E-state index in [0.29, 0.717) is 13.0 Å². The summed E-state index contributed by atoms with van der Waals surface area (Å²) in [4.78, 5) is 12.2. The van der Waals surface area contributed by atoms with Crippen LogP contribution in [-0.4, -0.2) is 32.9 Å². The Morgan fingerprint density at radius 1 is 1.04 bits per heavy atom. The van der Waals surface area contributed by atoms with Crippen molar-refractivity contribution in [1.82, 2.24) is 0 Å². The number of esters is 1. The molecule has 5 heteroatoms. The normalized spacial score (nSPS) is 22.4. The summed E-state index contributed by atoms with van der Waals surface area (Å²) >= 11 is 0. The molecule has 0 N–H and O–H groups in total. The Labute approximate surface area is 147 Å². The molecule has 1 aliphatic heterocycles. The lowest BCUT2D eigenvalue weighted by Crippen LogP contribution is -2.20. The summed E-state index contributed by atoms with van der Waals surface area (Å²) in [5, 5.41) is 0. The number of para-hydroxylation sites is 1. The molecule has 0 amide bonds. The Balaban J connectivity index is 1.70. The Kier molecular flexibility index (Phi) is 5.56. The fraction of sp³-hybridized carbons (Fsp3) is 0.350. The predicted molar refractivity (Wildman–Crippen MR) is 92.7 cm³/mol. The lowest BCUT2D eigenvalue weighted by atomic mass is 9.94. The third-order valence-corrected chi connectivity index (χ3v) is 4.35. The van der Waals surface area contributed by atoms with Crippen LogP contribution in [0.2, 0.25) is 0 Å². The van der Waals surface area contributed by atoms with Crippen molar-refractivity contribution in [1.29, 1.82) is 0 Å². The third-order valence-electron chi connectivity index (χ3n) is 4.35. The zero-order valence-corrected chi connectivity index (χ0v) is 14.4. The van der Waals surface area contributed by atoms with Crippen LogP contribution in [0, 0.1) is 5.92 Å². The van der Waals surface area contributed by atoms with Crippen molar-refractivity contribution in [3.8, 4) is 11.5 Å². The predicted octanol–water partition coefficient (Wildman–Crippen LogP) is 3.39. The Hall–Kier alpha value is -2.53. The van der Waals surface area contributed by atoms with Crippen LogP contribution in [-0.2, 0) is 14.3 Å². The number of carbonyl (C=O) groups excluding carboxylic acids is 1. The van der Waals surface area contributed by atoms with Crippen LogP contribution in [0.4, 0.5) is 0 Å². The second-order valence-corrected chi connectivity index (χ2v) is 5.94. The van der Waals surface area contributed by atoms with Gasteiger partial charge in [0.05, 0.1) is 32.3 Å². The van der Waals surface area contributed by atoms with E-state index in [1.807, 2.05) is 54.6 Å². The van der Waals surface area contributed by atoms with E-state index in [1.165, 1.54) is 7.11 Å². The number of methoxy groups -OCH3 is 2. The maximum atomic E-state index is 12.2. The summed E-state index contributed by atoms with van der Waals surface area (Å²) < 4.78 is 22.0. The van der Waals surface area contributed by atoms with Gasteiger partial charge in [0.2, 0.25) is 0 Å². The first-order chi connectivity index (χ1) is 12.2. The largest absolute Gasteiger partial charge is 0.497 e. The van der Waals surface area contributed by atoms with Crippen molar-refractivity contribution < 1.29 is 23.7 Å². The van der Waals surface area contributed by atoms with E-state index in [-0.39, 0.29) is 24.1 Å². The first-order valence-electron chi connectivity index (χ1n) is 8.26. The van der Waals surface area contributed by atoms with Gasteiger partial charge in [-0.05, 0) is 36.2 Å². The van der Waals surface area contributed by atoms with E-state index >= 15 is 0 Å². The Morgan fingerprint density at radius 2 is 1.76 bits per heavy atom. The SMILES string of the molecule is COC(=O)[C@@H]1C[C@H](COc2ccccc2)O[C@@H]1c1ccc(OC)cc1. The monoisotopic (exact) mass is 342 g/mol. The van der Waals surface area contributed by atoms with Crippen molar-refractivity contribution in [3.05, 3.63) is 60.2 Å². The van der Waals surface area contributed by atoms with Gasteiger partial charge in [-0.1, -0.05) is 30.3 Å². The van der Waals surface area contributed by atoms with Crippen molar-refractivity contribution in [2.75, 3.05) is 20.8 Å². The van der Waals surface area contributed by atoms with Crippen LogP contribution < -0.4 is 9.47 Å². The molecular formula is C20H22O5. The molecule has 3 rings (SSSR count). The lowest BCUT2D eigenvalue weighted by molar-refractivity contribution is -0.147. The quantitative estimate of drug-likeness (QED) is 0.753. The number of carbonyl (C=O) groups is 1. The molecule has 0 spiro atoms. The highest BCUT2D eigenvalue weighted by atomic mass is 16.6. The molecule has 0 radical (unpaired) electrons. The molecule has 3 atom stereocenters. The second kappa shape index (κ2) is 8.03. The topological polar surface area (TPSA) is 54.0 Å². The van der Waals surface area contributed by atoms with E-state index in [9.17, 15) is 4.79 Å². The van der Waals surface area contributed by atoms with Crippen molar-refractivity contribution in [2.45, 2.75) is 18.6 Å². The molecule has 1 heterocycles. The highest BCUT2D eigenvalue weighted by Gasteiger charge is 2.41. The summed E-state index contributed by atoms with van der Waals surface area (Å²) in [7, 11) is 3.02. The molecule has 0 aromatic heterocycles. The summed E-state index contributed by atoms with van der Waals surface area (Å²) in [5.74, 6) is 0.944. The molecule has 0 bridgehead atoms. The Morgan fingerprint density at radius 3 is 2.40 bits per heavy atom. The van der Waals surface area contributed by atoms with Gasteiger partial charge in [-0.3, -0.25) is 4.79 Å². The van der Waals surface area contributed by atoms with E-state index in [0.717, 1.165) is 17.1 Å². The van der Waals surface area contributed by atoms with E-state index in [2.05, 4.69) is 0 Å². The first-order valence-corrected chi connectivity index (χ1v) is 8.26. The average Bonchev–Trinajstić information content (AvgIpc) is 3.11. The van der Waals surface area contributed by atoms with Gasteiger partial charge in [0.25, 0.3) is 0 Å². The molecular weight excluding hydrogens is 320 g/mol. The zero-order chi connectivity index (χ0) is 17.6. The summed E-state index contributed by atoms with van der Waals surface area (Å²) in [5.41, 5.74) is 0.929. The molecule has 1 aliphatic rings. The Bertz CT molecular complexity index is 683. The fourth-order valence-electron chi connectivity index (χ4n) is 3.05. The average molecular weight is 342 g/mol. The third kappa shape index (κ3) is 4.12. The summed E-state index contributed by atoms with van der Waals surface area (Å²) in [6.45, 7) is 0.393. The number of hydrogen-bond donors (Lipinski definition) is 0. The van der Waals surface area contributed by atoms with Crippen LogP contribution in [0.5, 0.6) is 11.5 Å². The molecule has 132 valence electrons. The van der Waals surface area contributed by atoms with Crippen LogP contribution in [0.1, 0.15) is 18.1 Å². The van der Waals surface area contributed by atoms with Gasteiger partial charge >= 0.3 is 5.97 Å². The molecule has 25 heavy (non-hydrogen) atoms. The molecule has 2 aromatic rings. The molecule has 0 aliphatic carbocycles. The highest BCUT2D eigenvalue weighted by Crippen LogP contribution is 2.39. The van der Waals surface area contributed by atoms with Crippen LogP contribution >= 0.6 is 0 Å². The van der Waals surface area contributed by atoms with Gasteiger partial charge in [0.1, 0.15) is 18.1 Å². The van der Waals surface area contributed by atoms with Crippen molar-refractivity contribution in [2.24, 2.45) is 5.92 Å². The summed E-state index contributed by atoms with van der Waals surface area (Å²) in [6.07, 6.45) is 0.0510. The van der Waals surface area contributed by atoms with Gasteiger partial charge in [-0.15, -0.1) is 0 Å². The number of benzene rings is 2. The lowest BCUT2D eigenvalue weighted by Gasteiger charge is -2.17. The van der Waals surface area contributed by atoms with Gasteiger partial charge < -0.3 is 18.9 Å². The number of ether oxygens (including phenoxy) is 4. The van der Waals surface area contributed by atoms with Crippen LogP contribution in [0.3, 0.4) is 0 Å². The standard InChI is InChI=1S/C20H22O5/c1-22-15-10-8-14(9-11-15)19-18(20(21)23-2)12-17(25-19)13-24-16-6-4-3-5-7-16/h3-11,17-19H,12-13H2,1-2H3/t17-,18-,19-/m1/s1. The minimum absolute atomic E-state index is 0.170. The smallest absolute Gasteiger partial charge is 0.311 e. The molecule has 1 fully saturated rings. The van der Waals surface area contributed by atoms with E-state index < -0.39 is 0 Å². The van der Waals surface area contributed by atoms with E-state index in [1.54, 1.807) is 7.11 Å². The minimum Gasteiger partial charge on any atom is -0.497 e. The van der Waals surface area contributed by atoms with Crippen molar-refractivity contribution >= 4 is 5.97 Å². The highest BCUT2D eigenvalue weighted by molar-refractivity contribution is 5.73. The fourth-order valence-corrected chi connectivity index (χ4v) is 3.05. The molecule has 2 aromatic carbocycles. The minimum atomic E-state index is -0.345. The molecule has 1 saturated heterocycles. The zero-order valence-electron chi connectivity index (χ0n) is 14.4. The van der Waals surface area contributed by atoms with Crippen LogP contribution in [0.25, 0.3) is 0 Å². The maximum absolute atomic E-state index is 12.2. The first kappa shape index (κ1) is 17.3. The van der Waals surface area contributed by atoms with Gasteiger partial charge in [0, 0.05) is 0 Å². The molecule has 0 saturated carbocycles. The molecule has 0 unspecified atom stereocenters. The number of hydrogen-bond acceptors (Lipinski definition) is 5. The maximum Gasteiger partial charge on any atom is 0.311 e. The number of rotatable bonds is 6. The van der Waals surface area contributed by atoms with E-state index in [4.69, 9.17) is 18.9 Å². The van der Waals surface area contributed by atoms with Gasteiger partial charge in [-0.25, -0.2) is 0 Å². The second-order valence-electron chi connectivity index (χ2n) is 5.94. The van der Waals surface area contributed by atoms with Gasteiger partial charge in [0.15, 0.2) is 0 Å². The molecule has 5 nitrogen and oxygen atoms in total.